The van der Waals surface area contributed by atoms with Crippen molar-refractivity contribution in [3.63, 3.8) is 0 Å². The lowest BCUT2D eigenvalue weighted by Crippen LogP contribution is -2.32. The van der Waals surface area contributed by atoms with Crippen LogP contribution in [-0.2, 0) is 11.2 Å². The summed E-state index contributed by atoms with van der Waals surface area (Å²) in [5.74, 6) is 0.645. The van der Waals surface area contributed by atoms with Crippen LogP contribution >= 0.6 is 11.3 Å². The molecular formula is C18H25N3O2S. The van der Waals surface area contributed by atoms with E-state index in [2.05, 4.69) is 15.6 Å². The minimum atomic E-state index is -0.0238. The predicted molar refractivity (Wildman–Crippen MR) is 99.0 cm³/mol. The lowest BCUT2D eigenvalue weighted by atomic mass is 10.2. The summed E-state index contributed by atoms with van der Waals surface area (Å²) in [7, 11) is 1.60. The van der Waals surface area contributed by atoms with Crippen molar-refractivity contribution in [1.82, 2.24) is 10.3 Å². The number of rotatable bonds is 8. The molecule has 2 N–H and O–H groups in total. The Morgan fingerprint density at radius 1 is 1.33 bits per heavy atom. The summed E-state index contributed by atoms with van der Waals surface area (Å²) in [5, 5.41) is 7.40. The fourth-order valence-corrected chi connectivity index (χ4v) is 3.47. The average Bonchev–Trinajstić information content (AvgIpc) is 2.85. The zero-order chi connectivity index (χ0) is 17.5. The van der Waals surface area contributed by atoms with Gasteiger partial charge in [0, 0.05) is 23.9 Å². The molecule has 0 fully saturated rings. The number of para-hydroxylation sites is 2. The Morgan fingerprint density at radius 3 is 2.75 bits per heavy atom. The van der Waals surface area contributed by atoms with Crippen LogP contribution < -0.4 is 15.4 Å². The number of amides is 1. The van der Waals surface area contributed by atoms with Crippen molar-refractivity contribution in [2.75, 3.05) is 19.0 Å². The van der Waals surface area contributed by atoms with Gasteiger partial charge in [-0.05, 0) is 39.3 Å². The highest BCUT2D eigenvalue weighted by atomic mass is 32.1. The molecule has 1 heterocycles. The van der Waals surface area contributed by atoms with Gasteiger partial charge in [-0.2, -0.15) is 0 Å². The van der Waals surface area contributed by atoms with E-state index in [1.807, 2.05) is 45.0 Å². The van der Waals surface area contributed by atoms with Crippen molar-refractivity contribution in [2.45, 2.75) is 39.7 Å². The Bertz CT molecular complexity index is 685. The second kappa shape index (κ2) is 8.80. The maximum atomic E-state index is 12.2. The topological polar surface area (TPSA) is 63.2 Å². The van der Waals surface area contributed by atoms with E-state index in [9.17, 15) is 4.79 Å². The first-order valence-electron chi connectivity index (χ1n) is 8.08. The highest BCUT2D eigenvalue weighted by molar-refractivity contribution is 7.11. The van der Waals surface area contributed by atoms with E-state index in [-0.39, 0.29) is 11.9 Å². The van der Waals surface area contributed by atoms with Gasteiger partial charge < -0.3 is 15.4 Å². The Morgan fingerprint density at radius 2 is 2.08 bits per heavy atom. The number of anilines is 1. The van der Waals surface area contributed by atoms with Crippen LogP contribution in [0, 0.1) is 13.8 Å². The van der Waals surface area contributed by atoms with Crippen molar-refractivity contribution >= 4 is 22.9 Å². The molecular weight excluding hydrogens is 322 g/mol. The van der Waals surface area contributed by atoms with Crippen LogP contribution in [-0.4, -0.2) is 30.6 Å². The molecule has 1 aromatic heterocycles. The van der Waals surface area contributed by atoms with Crippen LogP contribution in [0.1, 0.15) is 28.9 Å². The van der Waals surface area contributed by atoms with Gasteiger partial charge >= 0.3 is 0 Å². The molecule has 0 aliphatic heterocycles. The molecule has 0 saturated heterocycles. The van der Waals surface area contributed by atoms with E-state index >= 15 is 0 Å². The number of nitrogens with zero attached hydrogens (tertiary/aromatic N) is 1. The normalized spacial score (nSPS) is 12.0. The van der Waals surface area contributed by atoms with Gasteiger partial charge in [0.15, 0.2) is 0 Å². The first kappa shape index (κ1) is 18.4. The van der Waals surface area contributed by atoms with Crippen molar-refractivity contribution in [2.24, 2.45) is 0 Å². The standard InChI is InChI=1S/C18H25N3O2S/c1-12(19-10-9-17-13(2)20-14(3)24-17)11-18(22)21-15-7-5-6-8-16(15)23-4/h5-8,12,19H,9-11H2,1-4H3,(H,21,22)/t12-/m1/s1. The molecule has 0 spiro atoms. The summed E-state index contributed by atoms with van der Waals surface area (Å²) in [6.07, 6.45) is 1.36. The largest absolute Gasteiger partial charge is 0.495 e. The van der Waals surface area contributed by atoms with Crippen LogP contribution in [0.3, 0.4) is 0 Å². The lowest BCUT2D eigenvalue weighted by Gasteiger charge is -2.14. The van der Waals surface area contributed by atoms with Crippen molar-refractivity contribution in [3.8, 4) is 5.75 Å². The molecule has 0 aliphatic carbocycles. The van der Waals surface area contributed by atoms with Gasteiger partial charge in [-0.3, -0.25) is 4.79 Å². The molecule has 1 amide bonds. The highest BCUT2D eigenvalue weighted by Crippen LogP contribution is 2.23. The van der Waals surface area contributed by atoms with E-state index in [1.165, 1.54) is 4.88 Å². The van der Waals surface area contributed by atoms with E-state index in [0.29, 0.717) is 17.9 Å². The lowest BCUT2D eigenvalue weighted by molar-refractivity contribution is -0.116. The molecule has 130 valence electrons. The SMILES string of the molecule is COc1ccccc1NC(=O)C[C@@H](C)NCCc1sc(C)nc1C. The van der Waals surface area contributed by atoms with Crippen molar-refractivity contribution in [1.29, 1.82) is 0 Å². The minimum Gasteiger partial charge on any atom is -0.495 e. The molecule has 24 heavy (non-hydrogen) atoms. The summed E-state index contributed by atoms with van der Waals surface area (Å²) in [4.78, 5) is 17.9. The van der Waals surface area contributed by atoms with Gasteiger partial charge in [-0.25, -0.2) is 4.98 Å². The number of methoxy groups -OCH3 is 1. The third kappa shape index (κ3) is 5.32. The van der Waals surface area contributed by atoms with E-state index in [1.54, 1.807) is 18.4 Å². The van der Waals surface area contributed by atoms with Gasteiger partial charge in [0.1, 0.15) is 5.75 Å². The summed E-state index contributed by atoms with van der Waals surface area (Å²) < 4.78 is 5.24. The van der Waals surface area contributed by atoms with E-state index in [0.717, 1.165) is 23.7 Å². The monoisotopic (exact) mass is 347 g/mol. The van der Waals surface area contributed by atoms with Crippen LogP contribution in [0.2, 0.25) is 0 Å². The molecule has 0 saturated carbocycles. The number of benzene rings is 1. The summed E-state index contributed by atoms with van der Waals surface area (Å²) >= 11 is 1.74. The Balaban J connectivity index is 1.76. The van der Waals surface area contributed by atoms with Crippen molar-refractivity contribution < 1.29 is 9.53 Å². The van der Waals surface area contributed by atoms with E-state index < -0.39 is 0 Å². The fraction of sp³-hybridized carbons (Fsp3) is 0.444. The molecule has 5 nitrogen and oxygen atoms in total. The quantitative estimate of drug-likeness (QED) is 0.769. The number of carbonyl (C=O) groups is 1. The number of carbonyl (C=O) groups excluding carboxylic acids is 1. The third-order valence-corrected chi connectivity index (χ3v) is 4.85. The molecule has 0 unspecified atom stereocenters. The third-order valence-electron chi connectivity index (χ3n) is 3.72. The van der Waals surface area contributed by atoms with Gasteiger partial charge in [0.05, 0.1) is 23.5 Å². The number of aromatic nitrogens is 1. The first-order valence-corrected chi connectivity index (χ1v) is 8.90. The van der Waals surface area contributed by atoms with Gasteiger partial charge in [-0.1, -0.05) is 12.1 Å². The smallest absolute Gasteiger partial charge is 0.226 e. The predicted octanol–water partition coefficient (Wildman–Crippen LogP) is 3.32. The van der Waals surface area contributed by atoms with Crippen LogP contribution in [0.15, 0.2) is 24.3 Å². The highest BCUT2D eigenvalue weighted by Gasteiger charge is 2.12. The fourth-order valence-electron chi connectivity index (χ4n) is 2.54. The zero-order valence-electron chi connectivity index (χ0n) is 14.7. The van der Waals surface area contributed by atoms with Crippen molar-refractivity contribution in [3.05, 3.63) is 39.8 Å². The Kier molecular flexibility index (Phi) is 6.75. The molecule has 0 aliphatic rings. The number of nitrogens with one attached hydrogen (secondary N) is 2. The zero-order valence-corrected chi connectivity index (χ0v) is 15.5. The molecule has 2 rings (SSSR count). The number of hydrogen-bond donors (Lipinski definition) is 2. The molecule has 1 atom stereocenters. The Labute approximate surface area is 147 Å². The molecule has 6 heteroatoms. The maximum Gasteiger partial charge on any atom is 0.226 e. The molecule has 0 radical (unpaired) electrons. The summed E-state index contributed by atoms with van der Waals surface area (Å²) in [6.45, 7) is 6.93. The Hall–Kier alpha value is -1.92. The van der Waals surface area contributed by atoms with E-state index in [4.69, 9.17) is 4.74 Å². The van der Waals surface area contributed by atoms with Crippen LogP contribution in [0.4, 0.5) is 5.69 Å². The molecule has 2 aromatic rings. The van der Waals surface area contributed by atoms with Crippen LogP contribution in [0.5, 0.6) is 5.75 Å². The van der Waals surface area contributed by atoms with Gasteiger partial charge in [-0.15, -0.1) is 11.3 Å². The van der Waals surface area contributed by atoms with Gasteiger partial charge in [0.25, 0.3) is 0 Å². The number of thiazole rings is 1. The number of ether oxygens (including phenoxy) is 1. The van der Waals surface area contributed by atoms with Gasteiger partial charge in [0.2, 0.25) is 5.91 Å². The maximum absolute atomic E-state index is 12.2. The average molecular weight is 347 g/mol. The summed E-state index contributed by atoms with van der Waals surface area (Å²) in [5.41, 5.74) is 1.81. The number of aryl methyl sites for hydroxylation is 2. The second-order valence-electron chi connectivity index (χ2n) is 5.80. The number of hydrogen-bond acceptors (Lipinski definition) is 5. The molecule has 1 aromatic carbocycles. The minimum absolute atomic E-state index is 0.0238. The second-order valence-corrected chi connectivity index (χ2v) is 7.09. The molecule has 0 bridgehead atoms. The first-order chi connectivity index (χ1) is 11.5. The van der Waals surface area contributed by atoms with Crippen LogP contribution in [0.25, 0.3) is 0 Å². The summed E-state index contributed by atoms with van der Waals surface area (Å²) in [6, 6.07) is 7.52.